The fraction of sp³-hybridized carbons (Fsp3) is 0.632. The van der Waals surface area contributed by atoms with Crippen molar-refractivity contribution in [2.24, 2.45) is 10.4 Å². The van der Waals surface area contributed by atoms with Crippen molar-refractivity contribution >= 4 is 5.96 Å². The number of nitrogens with one attached hydrogen (secondary N) is 2. The van der Waals surface area contributed by atoms with Crippen LogP contribution in [0.5, 0.6) is 5.75 Å². The molecule has 2 rings (SSSR count). The van der Waals surface area contributed by atoms with Crippen LogP contribution in [0.4, 0.5) is 8.78 Å². The SMILES string of the molecule is CN=C(NCc1cccc(OC(F)F)c1)NCC1(CCOC)CCCC1. The zero-order valence-corrected chi connectivity index (χ0v) is 15.6. The van der Waals surface area contributed by atoms with Gasteiger partial charge in [-0.3, -0.25) is 4.99 Å². The highest BCUT2D eigenvalue weighted by molar-refractivity contribution is 5.79. The quantitative estimate of drug-likeness (QED) is 0.516. The number of aliphatic imine (C=N–C) groups is 1. The van der Waals surface area contributed by atoms with E-state index in [2.05, 4.69) is 20.4 Å². The predicted octanol–water partition coefficient (Wildman–Crippen LogP) is 3.55. The van der Waals surface area contributed by atoms with Gasteiger partial charge in [-0.05, 0) is 42.4 Å². The third-order valence-corrected chi connectivity index (χ3v) is 4.94. The van der Waals surface area contributed by atoms with E-state index in [4.69, 9.17) is 4.74 Å². The molecule has 1 saturated carbocycles. The number of methoxy groups -OCH3 is 1. The number of benzene rings is 1. The van der Waals surface area contributed by atoms with Crippen LogP contribution >= 0.6 is 0 Å². The third kappa shape index (κ3) is 6.44. The number of halogens is 2. The van der Waals surface area contributed by atoms with Crippen molar-refractivity contribution in [2.45, 2.75) is 45.3 Å². The Labute approximate surface area is 154 Å². The zero-order chi connectivity index (χ0) is 18.8. The highest BCUT2D eigenvalue weighted by Gasteiger charge is 2.33. The number of alkyl halides is 2. The van der Waals surface area contributed by atoms with Crippen LogP contribution in [0, 0.1) is 5.41 Å². The molecule has 0 saturated heterocycles. The molecule has 5 nitrogen and oxygen atoms in total. The number of rotatable bonds is 9. The molecule has 1 aromatic rings. The molecule has 1 fully saturated rings. The Morgan fingerprint density at radius 1 is 1.27 bits per heavy atom. The van der Waals surface area contributed by atoms with E-state index in [0.29, 0.717) is 12.5 Å². The van der Waals surface area contributed by atoms with Gasteiger partial charge in [-0.2, -0.15) is 8.78 Å². The van der Waals surface area contributed by atoms with Gasteiger partial charge in [0.25, 0.3) is 0 Å². The molecule has 0 unspecified atom stereocenters. The van der Waals surface area contributed by atoms with Crippen LogP contribution < -0.4 is 15.4 Å². The van der Waals surface area contributed by atoms with Gasteiger partial charge >= 0.3 is 6.61 Å². The van der Waals surface area contributed by atoms with Gasteiger partial charge in [0.15, 0.2) is 5.96 Å². The van der Waals surface area contributed by atoms with Crippen LogP contribution in [0.3, 0.4) is 0 Å². The molecular weight excluding hydrogens is 340 g/mol. The number of nitrogens with zero attached hydrogens (tertiary/aromatic N) is 1. The van der Waals surface area contributed by atoms with Gasteiger partial charge in [0, 0.05) is 33.9 Å². The van der Waals surface area contributed by atoms with Gasteiger partial charge < -0.3 is 20.1 Å². The number of ether oxygens (including phenoxy) is 2. The minimum atomic E-state index is -2.82. The summed E-state index contributed by atoms with van der Waals surface area (Å²) < 4.78 is 34.3. The first-order valence-electron chi connectivity index (χ1n) is 9.04. The molecule has 7 heteroatoms. The Bertz CT molecular complexity index is 576. The van der Waals surface area contributed by atoms with Crippen molar-refractivity contribution in [3.05, 3.63) is 29.8 Å². The fourth-order valence-corrected chi connectivity index (χ4v) is 3.47. The monoisotopic (exact) mass is 369 g/mol. The van der Waals surface area contributed by atoms with Crippen molar-refractivity contribution in [2.75, 3.05) is 27.3 Å². The highest BCUT2D eigenvalue weighted by Crippen LogP contribution is 2.40. The summed E-state index contributed by atoms with van der Waals surface area (Å²) in [5.41, 5.74) is 1.11. The average molecular weight is 369 g/mol. The molecule has 0 heterocycles. The van der Waals surface area contributed by atoms with E-state index in [1.807, 2.05) is 6.07 Å². The number of hydrogen-bond donors (Lipinski definition) is 2. The van der Waals surface area contributed by atoms with E-state index in [9.17, 15) is 8.78 Å². The third-order valence-electron chi connectivity index (χ3n) is 4.94. The summed E-state index contributed by atoms with van der Waals surface area (Å²) in [6.07, 6.45) is 5.96. The standard InChI is InChI=1S/C19H29F2N3O2/c1-22-18(24-14-19(10-11-25-2)8-3-4-9-19)23-13-15-6-5-7-16(12-15)26-17(20)21/h5-7,12,17H,3-4,8-11,13-14H2,1-2H3,(H2,22,23,24). The lowest BCUT2D eigenvalue weighted by molar-refractivity contribution is -0.0498. The highest BCUT2D eigenvalue weighted by atomic mass is 19.3. The van der Waals surface area contributed by atoms with E-state index in [1.165, 1.54) is 31.7 Å². The van der Waals surface area contributed by atoms with Crippen LogP contribution in [0.2, 0.25) is 0 Å². The maximum Gasteiger partial charge on any atom is 0.387 e. The van der Waals surface area contributed by atoms with Crippen molar-refractivity contribution in [3.63, 3.8) is 0 Å². The number of hydrogen-bond acceptors (Lipinski definition) is 3. The topological polar surface area (TPSA) is 54.9 Å². The lowest BCUT2D eigenvalue weighted by atomic mass is 9.83. The van der Waals surface area contributed by atoms with Crippen LogP contribution in [0.25, 0.3) is 0 Å². The second kappa shape index (κ2) is 10.3. The van der Waals surface area contributed by atoms with E-state index < -0.39 is 6.61 Å². The molecule has 0 spiro atoms. The normalized spacial score (nSPS) is 16.7. The van der Waals surface area contributed by atoms with Crippen LogP contribution in [-0.2, 0) is 11.3 Å². The van der Waals surface area contributed by atoms with E-state index in [1.54, 1.807) is 26.3 Å². The molecule has 2 N–H and O–H groups in total. The molecule has 0 aliphatic heterocycles. The average Bonchev–Trinajstić information content (AvgIpc) is 3.09. The molecule has 26 heavy (non-hydrogen) atoms. The van der Waals surface area contributed by atoms with Crippen LogP contribution in [0.15, 0.2) is 29.3 Å². The summed E-state index contributed by atoms with van der Waals surface area (Å²) in [7, 11) is 3.46. The van der Waals surface area contributed by atoms with Gasteiger partial charge in [-0.15, -0.1) is 0 Å². The second-order valence-electron chi connectivity index (χ2n) is 6.76. The van der Waals surface area contributed by atoms with Crippen molar-refractivity contribution in [1.82, 2.24) is 10.6 Å². The van der Waals surface area contributed by atoms with Crippen LogP contribution in [-0.4, -0.2) is 39.9 Å². The fourth-order valence-electron chi connectivity index (χ4n) is 3.47. The summed E-state index contributed by atoms with van der Waals surface area (Å²) in [4.78, 5) is 4.26. The molecule has 0 bridgehead atoms. The Morgan fingerprint density at radius 3 is 2.69 bits per heavy atom. The first-order valence-corrected chi connectivity index (χ1v) is 9.04. The van der Waals surface area contributed by atoms with E-state index >= 15 is 0 Å². The maximum absolute atomic E-state index is 12.3. The van der Waals surface area contributed by atoms with Gasteiger partial charge in [-0.25, -0.2) is 0 Å². The van der Waals surface area contributed by atoms with Gasteiger partial charge in [-0.1, -0.05) is 25.0 Å². The summed E-state index contributed by atoms with van der Waals surface area (Å²) in [5.74, 6) is 0.862. The lowest BCUT2D eigenvalue weighted by Crippen LogP contribution is -2.43. The summed E-state index contributed by atoms with van der Waals surface area (Å²) in [6.45, 7) is -0.720. The minimum Gasteiger partial charge on any atom is -0.435 e. The summed E-state index contributed by atoms with van der Waals surface area (Å²) in [6, 6.07) is 6.67. The first-order chi connectivity index (χ1) is 12.6. The lowest BCUT2D eigenvalue weighted by Gasteiger charge is -2.30. The Kier molecular flexibility index (Phi) is 8.09. The van der Waals surface area contributed by atoms with Crippen LogP contribution in [0.1, 0.15) is 37.7 Å². The maximum atomic E-state index is 12.3. The van der Waals surface area contributed by atoms with Gasteiger partial charge in [0.1, 0.15) is 5.75 Å². The number of guanidine groups is 1. The van der Waals surface area contributed by atoms with Gasteiger partial charge in [0.05, 0.1) is 0 Å². The van der Waals surface area contributed by atoms with Crippen molar-refractivity contribution in [1.29, 1.82) is 0 Å². The van der Waals surface area contributed by atoms with E-state index in [0.717, 1.165) is 25.1 Å². The molecule has 0 radical (unpaired) electrons. The summed E-state index contributed by atoms with van der Waals surface area (Å²) >= 11 is 0. The Morgan fingerprint density at radius 2 is 2.04 bits per heavy atom. The predicted molar refractivity (Wildman–Crippen MR) is 98.7 cm³/mol. The van der Waals surface area contributed by atoms with Crippen molar-refractivity contribution in [3.8, 4) is 5.75 Å². The minimum absolute atomic E-state index is 0.159. The smallest absolute Gasteiger partial charge is 0.387 e. The molecule has 1 aromatic carbocycles. The first kappa shape index (κ1) is 20.4. The molecule has 0 amide bonds. The molecule has 0 atom stereocenters. The summed E-state index contributed by atoms with van der Waals surface area (Å²) in [5, 5.41) is 6.64. The van der Waals surface area contributed by atoms with Gasteiger partial charge in [0.2, 0.25) is 0 Å². The molecule has 1 aliphatic carbocycles. The second-order valence-corrected chi connectivity index (χ2v) is 6.76. The zero-order valence-electron chi connectivity index (χ0n) is 15.6. The largest absolute Gasteiger partial charge is 0.435 e. The Balaban J connectivity index is 1.85. The van der Waals surface area contributed by atoms with Crippen molar-refractivity contribution < 1.29 is 18.3 Å². The molecular formula is C19H29F2N3O2. The van der Waals surface area contributed by atoms with E-state index in [-0.39, 0.29) is 11.2 Å². The molecule has 0 aromatic heterocycles. The molecule has 146 valence electrons. The Hall–Kier alpha value is -1.89. The molecule has 1 aliphatic rings.